The maximum absolute atomic E-state index is 13.6. The monoisotopic (exact) mass is 499 g/mol. The summed E-state index contributed by atoms with van der Waals surface area (Å²) in [7, 11) is 2.14. The van der Waals surface area contributed by atoms with Crippen LogP contribution in [0, 0.1) is 0 Å². The van der Waals surface area contributed by atoms with Gasteiger partial charge in [0.05, 0.1) is 11.5 Å². The molecule has 0 aromatic heterocycles. The first-order chi connectivity index (χ1) is 17.5. The van der Waals surface area contributed by atoms with Crippen molar-refractivity contribution in [2.75, 3.05) is 7.05 Å². The van der Waals surface area contributed by atoms with E-state index in [1.54, 1.807) is 36.4 Å². The number of carbonyl (C=O) groups is 2. The maximum atomic E-state index is 13.6. The fourth-order valence-electron chi connectivity index (χ4n) is 5.30. The van der Waals surface area contributed by atoms with Gasteiger partial charge in [0.2, 0.25) is 0 Å². The van der Waals surface area contributed by atoms with Crippen LogP contribution in [0.25, 0.3) is 0 Å². The average Bonchev–Trinajstić information content (AvgIpc) is 2.87. The molecule has 0 N–H and O–H groups in total. The van der Waals surface area contributed by atoms with Gasteiger partial charge in [0.15, 0.2) is 0 Å². The molecule has 5 nitrogen and oxygen atoms in total. The first kappa shape index (κ1) is 26.6. The van der Waals surface area contributed by atoms with Gasteiger partial charge in [0, 0.05) is 23.9 Å². The number of ether oxygens (including phenoxy) is 2. The summed E-state index contributed by atoms with van der Waals surface area (Å²) in [5.41, 5.74) is 2.26. The van der Waals surface area contributed by atoms with Crippen LogP contribution >= 0.6 is 0 Å². The van der Waals surface area contributed by atoms with E-state index in [0.29, 0.717) is 17.7 Å². The zero-order chi connectivity index (χ0) is 26.6. The summed E-state index contributed by atoms with van der Waals surface area (Å²) >= 11 is 0. The molecular weight excluding hydrogens is 462 g/mol. The molecular formula is C32H37NO4. The Labute approximate surface area is 220 Å². The lowest BCUT2D eigenvalue weighted by atomic mass is 9.78. The molecule has 0 amide bonds. The van der Waals surface area contributed by atoms with Gasteiger partial charge in [-0.1, -0.05) is 60.7 Å². The Bertz CT molecular complexity index is 1180. The molecule has 3 aromatic carbocycles. The van der Waals surface area contributed by atoms with E-state index in [2.05, 4.69) is 39.6 Å². The molecule has 0 aliphatic carbocycles. The molecule has 1 fully saturated rings. The molecule has 5 heteroatoms. The number of esters is 2. The number of nitrogens with zero attached hydrogens (tertiary/aromatic N) is 1. The van der Waals surface area contributed by atoms with Crippen molar-refractivity contribution < 1.29 is 19.1 Å². The molecule has 3 aromatic rings. The maximum Gasteiger partial charge on any atom is 0.343 e. The Morgan fingerprint density at radius 2 is 1.38 bits per heavy atom. The fourth-order valence-corrected chi connectivity index (χ4v) is 5.30. The van der Waals surface area contributed by atoms with Crippen molar-refractivity contribution in [1.29, 1.82) is 0 Å². The van der Waals surface area contributed by atoms with Gasteiger partial charge >= 0.3 is 11.9 Å². The largest absolute Gasteiger partial charge is 0.462 e. The second kappa shape index (κ2) is 10.9. The van der Waals surface area contributed by atoms with Crippen LogP contribution in [0.1, 0.15) is 67.9 Å². The number of rotatable bonds is 7. The van der Waals surface area contributed by atoms with Crippen LogP contribution in [0.4, 0.5) is 0 Å². The normalized spacial score (nSPS) is 18.1. The van der Waals surface area contributed by atoms with E-state index < -0.39 is 11.9 Å². The van der Waals surface area contributed by atoms with Crippen molar-refractivity contribution in [3.8, 4) is 5.75 Å². The number of likely N-dealkylation sites (tertiary alicyclic amines) is 1. The highest BCUT2D eigenvalue weighted by molar-refractivity contribution is 5.90. The van der Waals surface area contributed by atoms with Crippen LogP contribution in [-0.4, -0.2) is 41.1 Å². The minimum absolute atomic E-state index is 0.0675. The topological polar surface area (TPSA) is 55.8 Å². The first-order valence-corrected chi connectivity index (χ1v) is 12.9. The van der Waals surface area contributed by atoms with Crippen LogP contribution in [-0.2, 0) is 16.0 Å². The molecule has 1 aliphatic rings. The summed E-state index contributed by atoms with van der Waals surface area (Å²) in [6.45, 7) is 8.82. The van der Waals surface area contributed by atoms with E-state index in [9.17, 15) is 9.59 Å². The molecule has 0 radical (unpaired) electrons. The van der Waals surface area contributed by atoms with Crippen LogP contribution in [0.15, 0.2) is 84.9 Å². The van der Waals surface area contributed by atoms with Crippen molar-refractivity contribution >= 4 is 11.9 Å². The Hall–Kier alpha value is -3.44. The summed E-state index contributed by atoms with van der Waals surface area (Å²) in [5.74, 6) is -0.563. The van der Waals surface area contributed by atoms with Gasteiger partial charge in [-0.15, -0.1) is 0 Å². The van der Waals surface area contributed by atoms with Gasteiger partial charge in [0.25, 0.3) is 0 Å². The summed E-state index contributed by atoms with van der Waals surface area (Å²) in [4.78, 5) is 28.3. The number of benzene rings is 3. The zero-order valence-corrected chi connectivity index (χ0v) is 22.4. The third-order valence-electron chi connectivity index (χ3n) is 7.62. The summed E-state index contributed by atoms with van der Waals surface area (Å²) in [5, 5.41) is 0. The Balaban J connectivity index is 1.48. The van der Waals surface area contributed by atoms with Crippen molar-refractivity contribution in [3.63, 3.8) is 0 Å². The lowest BCUT2D eigenvalue weighted by Crippen LogP contribution is -2.60. The van der Waals surface area contributed by atoms with E-state index in [4.69, 9.17) is 9.47 Å². The molecule has 1 aliphatic heterocycles. The average molecular weight is 500 g/mol. The third kappa shape index (κ3) is 6.47. The lowest BCUT2D eigenvalue weighted by Gasteiger charge is -2.53. The predicted octanol–water partition coefficient (Wildman–Crippen LogP) is 6.43. The smallest absolute Gasteiger partial charge is 0.343 e. The second-order valence-corrected chi connectivity index (χ2v) is 11.2. The predicted molar refractivity (Wildman–Crippen MR) is 146 cm³/mol. The highest BCUT2D eigenvalue weighted by Crippen LogP contribution is 2.39. The number of hydrogen-bond donors (Lipinski definition) is 0. The van der Waals surface area contributed by atoms with E-state index in [1.165, 1.54) is 0 Å². The van der Waals surface area contributed by atoms with Gasteiger partial charge < -0.3 is 9.47 Å². The lowest BCUT2D eigenvalue weighted by molar-refractivity contribution is -0.160. The number of carbonyl (C=O) groups excluding carboxylic acids is 2. The minimum Gasteiger partial charge on any atom is -0.462 e. The molecule has 0 bridgehead atoms. The second-order valence-electron chi connectivity index (χ2n) is 11.2. The van der Waals surface area contributed by atoms with Crippen LogP contribution in [0.2, 0.25) is 0 Å². The first-order valence-electron chi connectivity index (χ1n) is 12.9. The molecule has 37 heavy (non-hydrogen) atoms. The molecule has 1 atom stereocenters. The summed E-state index contributed by atoms with van der Waals surface area (Å²) < 4.78 is 11.7. The minimum atomic E-state index is -0.426. The number of piperidine rings is 1. The molecule has 4 rings (SSSR count). The standard InChI is InChI=1S/C32H37NO4/c1-31(2)21-27(22-32(3,4)33(31)5)37-30(35)28(24-12-8-6-9-13-24)20-23-16-18-26(19-17-23)36-29(34)25-14-10-7-11-15-25/h6-19,27-28H,20-22H2,1-5H3. The van der Waals surface area contributed by atoms with Gasteiger partial charge in [-0.3, -0.25) is 9.69 Å². The highest BCUT2D eigenvalue weighted by Gasteiger charge is 2.44. The van der Waals surface area contributed by atoms with Crippen molar-refractivity contribution in [1.82, 2.24) is 4.90 Å². The SMILES string of the molecule is CN1C(C)(C)CC(OC(=O)C(Cc2ccc(OC(=O)c3ccccc3)cc2)c2ccccc2)CC1(C)C. The van der Waals surface area contributed by atoms with Crippen LogP contribution < -0.4 is 4.74 Å². The molecule has 1 saturated heterocycles. The van der Waals surface area contributed by atoms with E-state index in [0.717, 1.165) is 24.0 Å². The van der Waals surface area contributed by atoms with Gasteiger partial charge in [-0.2, -0.15) is 0 Å². The van der Waals surface area contributed by atoms with Crippen molar-refractivity contribution in [3.05, 3.63) is 102 Å². The number of hydrogen-bond acceptors (Lipinski definition) is 5. The quantitative estimate of drug-likeness (QED) is 0.277. The molecule has 1 heterocycles. The Morgan fingerprint density at radius 1 is 0.838 bits per heavy atom. The molecule has 0 saturated carbocycles. The van der Waals surface area contributed by atoms with E-state index in [-0.39, 0.29) is 23.2 Å². The van der Waals surface area contributed by atoms with Crippen molar-refractivity contribution in [2.45, 2.75) is 70.1 Å². The van der Waals surface area contributed by atoms with E-state index in [1.807, 2.05) is 48.5 Å². The summed E-state index contributed by atoms with van der Waals surface area (Å²) in [6.07, 6.45) is 1.94. The van der Waals surface area contributed by atoms with Crippen molar-refractivity contribution in [2.24, 2.45) is 0 Å². The Kier molecular flexibility index (Phi) is 7.84. The fraction of sp³-hybridized carbons (Fsp3) is 0.375. The van der Waals surface area contributed by atoms with Crippen LogP contribution in [0.3, 0.4) is 0 Å². The zero-order valence-electron chi connectivity index (χ0n) is 22.4. The van der Waals surface area contributed by atoms with Gasteiger partial charge in [-0.25, -0.2) is 4.79 Å². The molecule has 1 unspecified atom stereocenters. The highest BCUT2D eigenvalue weighted by atomic mass is 16.5. The van der Waals surface area contributed by atoms with E-state index >= 15 is 0 Å². The summed E-state index contributed by atoms with van der Waals surface area (Å²) in [6, 6.07) is 26.0. The van der Waals surface area contributed by atoms with Crippen LogP contribution in [0.5, 0.6) is 5.75 Å². The Morgan fingerprint density at radius 3 is 1.95 bits per heavy atom. The van der Waals surface area contributed by atoms with Gasteiger partial charge in [0.1, 0.15) is 11.9 Å². The molecule has 194 valence electrons. The molecule has 0 spiro atoms. The third-order valence-corrected chi connectivity index (χ3v) is 7.62. The van der Waals surface area contributed by atoms with Gasteiger partial charge in [-0.05, 0) is 76.6 Å².